The summed E-state index contributed by atoms with van der Waals surface area (Å²) >= 11 is 5.97. The van der Waals surface area contributed by atoms with Gasteiger partial charge in [-0.3, -0.25) is 9.59 Å². The van der Waals surface area contributed by atoms with Gasteiger partial charge in [0.15, 0.2) is 0 Å². The Bertz CT molecular complexity index is 1050. The molecule has 3 atom stereocenters. The smallest absolute Gasteiger partial charge is 0.229 e. The van der Waals surface area contributed by atoms with E-state index >= 15 is 0 Å². The zero-order valence-electron chi connectivity index (χ0n) is 21.8. The van der Waals surface area contributed by atoms with E-state index in [-0.39, 0.29) is 28.3 Å². The molecule has 2 aromatic rings. The summed E-state index contributed by atoms with van der Waals surface area (Å²) in [6.07, 6.45) is 7.83. The van der Waals surface area contributed by atoms with E-state index in [4.69, 9.17) is 11.6 Å². The van der Waals surface area contributed by atoms with Gasteiger partial charge >= 0.3 is 0 Å². The topological polar surface area (TPSA) is 70.2 Å². The molecule has 37 heavy (non-hydrogen) atoms. The van der Waals surface area contributed by atoms with Crippen molar-refractivity contribution in [3.05, 3.63) is 64.7 Å². The van der Waals surface area contributed by atoms with Gasteiger partial charge in [-0.05, 0) is 54.5 Å². The van der Waals surface area contributed by atoms with E-state index < -0.39 is 17.6 Å². The highest BCUT2D eigenvalue weighted by molar-refractivity contribution is 6.30. The van der Waals surface area contributed by atoms with Gasteiger partial charge < -0.3 is 16.0 Å². The van der Waals surface area contributed by atoms with E-state index in [1.165, 1.54) is 50.3 Å². The number of benzene rings is 2. The first kappa shape index (κ1) is 29.1. The Hall–Kier alpha value is -2.51. The Balaban J connectivity index is 0.000000356. The second-order valence-electron chi connectivity index (χ2n) is 11.2. The minimum Gasteiger partial charge on any atom is -0.356 e. The van der Waals surface area contributed by atoms with Gasteiger partial charge in [0, 0.05) is 30.2 Å². The van der Waals surface area contributed by atoms with Crippen molar-refractivity contribution < 1.29 is 18.4 Å². The molecule has 0 spiro atoms. The highest BCUT2D eigenvalue weighted by Gasteiger charge is 2.44. The predicted octanol–water partition coefficient (Wildman–Crippen LogP) is 6.43. The van der Waals surface area contributed by atoms with Crippen LogP contribution in [0, 0.1) is 23.0 Å². The SMILES string of the molecule is CC(C)(C)CC1NCC(c2cccc(Cl)c2F)C1C(=O)Nc1cccc(F)c1.O=CNC1CCCCC1. The van der Waals surface area contributed by atoms with E-state index in [9.17, 15) is 18.4 Å². The minimum absolute atomic E-state index is 0.0170. The van der Waals surface area contributed by atoms with Crippen LogP contribution in [0.5, 0.6) is 0 Å². The molecule has 4 rings (SSSR count). The fraction of sp³-hybridized carbons (Fsp3) is 0.517. The zero-order chi connectivity index (χ0) is 27.0. The molecule has 8 heteroatoms. The lowest BCUT2D eigenvalue weighted by molar-refractivity contribution is -0.120. The standard InChI is InChI=1S/C22H25ClF2N2O.C7H13NO/c1-22(2,3)11-18-19(21(28)27-14-7-4-6-13(24)10-14)16(12-26-18)15-8-5-9-17(23)20(15)25;9-6-8-7-4-2-1-3-5-7/h4-10,16,18-19,26H,11-12H2,1-3H3,(H,27,28);6-7H,1-5H2,(H,8,9). The van der Waals surface area contributed by atoms with E-state index in [1.54, 1.807) is 24.3 Å². The average molecular weight is 534 g/mol. The predicted molar refractivity (Wildman–Crippen MR) is 145 cm³/mol. The lowest BCUT2D eigenvalue weighted by Gasteiger charge is -2.29. The van der Waals surface area contributed by atoms with Gasteiger partial charge in [0.25, 0.3) is 0 Å². The molecule has 5 nitrogen and oxygen atoms in total. The van der Waals surface area contributed by atoms with E-state index in [0.717, 1.165) is 12.8 Å². The summed E-state index contributed by atoms with van der Waals surface area (Å²) in [5, 5.41) is 9.04. The second-order valence-corrected chi connectivity index (χ2v) is 11.6. The first-order chi connectivity index (χ1) is 17.6. The summed E-state index contributed by atoms with van der Waals surface area (Å²) in [4.78, 5) is 23.1. The third-order valence-corrected chi connectivity index (χ3v) is 7.28. The van der Waals surface area contributed by atoms with Crippen LogP contribution in [0.15, 0.2) is 42.5 Å². The fourth-order valence-corrected chi connectivity index (χ4v) is 5.49. The molecule has 0 aromatic heterocycles. The highest BCUT2D eigenvalue weighted by atomic mass is 35.5. The molecule has 0 bridgehead atoms. The third-order valence-electron chi connectivity index (χ3n) is 6.98. The van der Waals surface area contributed by atoms with Crippen molar-refractivity contribution in [3.8, 4) is 0 Å². The van der Waals surface area contributed by atoms with E-state index in [1.807, 2.05) is 0 Å². The summed E-state index contributed by atoms with van der Waals surface area (Å²) in [5.74, 6) is -2.04. The largest absolute Gasteiger partial charge is 0.356 e. The van der Waals surface area contributed by atoms with Crippen LogP contribution in [0.25, 0.3) is 0 Å². The van der Waals surface area contributed by atoms with Crippen LogP contribution < -0.4 is 16.0 Å². The fourth-order valence-electron chi connectivity index (χ4n) is 5.30. The average Bonchev–Trinajstić information content (AvgIpc) is 3.24. The number of carbonyl (C=O) groups is 2. The Kier molecular flexibility index (Phi) is 10.5. The molecule has 2 amide bonds. The highest BCUT2D eigenvalue weighted by Crippen LogP contribution is 2.39. The lowest BCUT2D eigenvalue weighted by atomic mass is 9.78. The Labute approximate surface area is 223 Å². The number of halogens is 3. The maximum Gasteiger partial charge on any atom is 0.229 e. The van der Waals surface area contributed by atoms with Gasteiger partial charge in [0.05, 0.1) is 10.9 Å². The second kappa shape index (κ2) is 13.3. The van der Waals surface area contributed by atoms with Gasteiger partial charge in [-0.1, -0.05) is 69.8 Å². The van der Waals surface area contributed by atoms with Crippen LogP contribution >= 0.6 is 11.6 Å². The first-order valence-electron chi connectivity index (χ1n) is 13.0. The number of amides is 2. The van der Waals surface area contributed by atoms with Gasteiger partial charge in [0.1, 0.15) is 11.6 Å². The molecular weight excluding hydrogens is 496 g/mol. The minimum atomic E-state index is -0.504. The van der Waals surface area contributed by atoms with Gasteiger partial charge in [-0.25, -0.2) is 8.78 Å². The molecule has 2 aliphatic rings. The maximum atomic E-state index is 14.7. The van der Waals surface area contributed by atoms with Crippen molar-refractivity contribution in [2.45, 2.75) is 77.3 Å². The van der Waals surface area contributed by atoms with Crippen LogP contribution in [0.2, 0.25) is 5.02 Å². The summed E-state index contributed by atoms with van der Waals surface area (Å²) in [5.41, 5.74) is 0.795. The van der Waals surface area contributed by atoms with Gasteiger partial charge in [0.2, 0.25) is 12.3 Å². The molecular formula is C29H38ClF2N3O2. The number of anilines is 1. The van der Waals surface area contributed by atoms with Crippen molar-refractivity contribution in [1.82, 2.24) is 10.6 Å². The quantitative estimate of drug-likeness (QED) is 0.375. The molecule has 1 heterocycles. The van der Waals surface area contributed by atoms with E-state index in [0.29, 0.717) is 23.8 Å². The molecule has 2 aromatic carbocycles. The molecule has 2 fully saturated rings. The number of nitrogens with one attached hydrogen (secondary N) is 3. The van der Waals surface area contributed by atoms with Crippen molar-refractivity contribution >= 4 is 29.6 Å². The molecule has 1 aliphatic carbocycles. The van der Waals surface area contributed by atoms with Crippen molar-refractivity contribution in [2.24, 2.45) is 11.3 Å². The number of hydrogen-bond acceptors (Lipinski definition) is 3. The number of rotatable bonds is 6. The normalized spacial score (nSPS) is 22.1. The lowest BCUT2D eigenvalue weighted by Crippen LogP contribution is -2.38. The van der Waals surface area contributed by atoms with Crippen molar-refractivity contribution in [2.75, 3.05) is 11.9 Å². The number of carbonyl (C=O) groups excluding carboxylic acids is 2. The molecule has 3 unspecified atom stereocenters. The van der Waals surface area contributed by atoms with Crippen LogP contribution in [-0.2, 0) is 9.59 Å². The van der Waals surface area contributed by atoms with Gasteiger partial charge in [-0.2, -0.15) is 0 Å². The van der Waals surface area contributed by atoms with Crippen LogP contribution in [0.4, 0.5) is 14.5 Å². The monoisotopic (exact) mass is 533 g/mol. The van der Waals surface area contributed by atoms with Crippen LogP contribution in [0.1, 0.15) is 70.8 Å². The van der Waals surface area contributed by atoms with Crippen LogP contribution in [0.3, 0.4) is 0 Å². The summed E-state index contributed by atoms with van der Waals surface area (Å²) in [7, 11) is 0. The molecule has 202 valence electrons. The van der Waals surface area contributed by atoms with E-state index in [2.05, 4.69) is 36.7 Å². The Morgan fingerprint density at radius 1 is 1.11 bits per heavy atom. The molecule has 3 N–H and O–H groups in total. The molecule has 1 aliphatic heterocycles. The Morgan fingerprint density at radius 2 is 1.81 bits per heavy atom. The summed E-state index contributed by atoms with van der Waals surface area (Å²) in [6, 6.07) is 11.0. The first-order valence-corrected chi connectivity index (χ1v) is 13.4. The van der Waals surface area contributed by atoms with Crippen molar-refractivity contribution in [1.29, 1.82) is 0 Å². The third kappa shape index (κ3) is 8.50. The van der Waals surface area contributed by atoms with Crippen molar-refractivity contribution in [3.63, 3.8) is 0 Å². The number of hydrogen-bond donors (Lipinski definition) is 3. The maximum absolute atomic E-state index is 14.7. The molecule has 1 saturated heterocycles. The van der Waals surface area contributed by atoms with Crippen LogP contribution in [-0.4, -0.2) is 30.9 Å². The van der Waals surface area contributed by atoms with Gasteiger partial charge in [-0.15, -0.1) is 0 Å². The summed E-state index contributed by atoms with van der Waals surface area (Å²) in [6.45, 7) is 6.77. The molecule has 0 radical (unpaired) electrons. The zero-order valence-corrected chi connectivity index (χ0v) is 22.6. The summed E-state index contributed by atoms with van der Waals surface area (Å²) < 4.78 is 28.2. The Morgan fingerprint density at radius 3 is 2.46 bits per heavy atom. The molecule has 1 saturated carbocycles.